The van der Waals surface area contributed by atoms with Gasteiger partial charge in [-0.05, 0) is 19.5 Å². The fourth-order valence-electron chi connectivity index (χ4n) is 3.96. The largest absolute Gasteiger partial charge is 0.351 e. The zero-order valence-electron chi connectivity index (χ0n) is 20.2. The van der Waals surface area contributed by atoms with Gasteiger partial charge in [0.25, 0.3) is 11.6 Å². The highest BCUT2D eigenvalue weighted by atomic mass is 16.6. The first kappa shape index (κ1) is 24.7. The molecule has 4 rings (SSSR count). The Bertz CT molecular complexity index is 1360. The lowest BCUT2D eigenvalue weighted by Gasteiger charge is -2.18. The molecule has 36 heavy (non-hydrogen) atoms. The average Bonchev–Trinajstić information content (AvgIpc) is 2.89. The first-order valence-corrected chi connectivity index (χ1v) is 11.6. The summed E-state index contributed by atoms with van der Waals surface area (Å²) in [5.74, 6) is 0.135. The van der Waals surface area contributed by atoms with Crippen molar-refractivity contribution in [1.82, 2.24) is 20.2 Å². The van der Waals surface area contributed by atoms with Gasteiger partial charge < -0.3 is 10.2 Å². The third-order valence-corrected chi connectivity index (χ3v) is 5.75. The number of nitro benzene ring substituents is 1. The summed E-state index contributed by atoms with van der Waals surface area (Å²) >= 11 is 0. The lowest BCUT2D eigenvalue weighted by atomic mass is 10.0. The molecule has 0 aliphatic heterocycles. The van der Waals surface area contributed by atoms with Crippen LogP contribution in [0, 0.1) is 17.0 Å². The highest BCUT2D eigenvalue weighted by Gasteiger charge is 2.22. The molecule has 4 aromatic rings. The average molecular weight is 482 g/mol. The van der Waals surface area contributed by atoms with Gasteiger partial charge in [0.1, 0.15) is 0 Å². The number of benzene rings is 3. The monoisotopic (exact) mass is 481 g/mol. The van der Waals surface area contributed by atoms with Crippen LogP contribution in [0.15, 0.2) is 84.9 Å². The number of nitrogens with one attached hydrogen (secondary N) is 1. The first-order chi connectivity index (χ1) is 17.4. The number of carbonyl (C=O) groups excluding carboxylic acids is 1. The van der Waals surface area contributed by atoms with Crippen molar-refractivity contribution in [3.05, 3.63) is 112 Å². The molecule has 3 aromatic carbocycles. The molecule has 1 aromatic heterocycles. The van der Waals surface area contributed by atoms with Gasteiger partial charge in [-0.1, -0.05) is 72.8 Å². The fraction of sp³-hybridized carbons (Fsp3) is 0.179. The van der Waals surface area contributed by atoms with Crippen LogP contribution in [0.2, 0.25) is 0 Å². The molecule has 182 valence electrons. The fourth-order valence-corrected chi connectivity index (χ4v) is 3.96. The molecule has 0 unspecified atom stereocenters. The highest BCUT2D eigenvalue weighted by molar-refractivity contribution is 6.01. The lowest BCUT2D eigenvalue weighted by molar-refractivity contribution is -0.384. The quantitative estimate of drug-likeness (QED) is 0.270. The van der Waals surface area contributed by atoms with Crippen LogP contribution >= 0.6 is 0 Å². The predicted octanol–water partition coefficient (Wildman–Crippen LogP) is 4.89. The Morgan fingerprint density at radius 2 is 1.61 bits per heavy atom. The van der Waals surface area contributed by atoms with Gasteiger partial charge in [-0.25, -0.2) is 9.97 Å². The van der Waals surface area contributed by atoms with Gasteiger partial charge in [0.2, 0.25) is 0 Å². The van der Waals surface area contributed by atoms with Crippen LogP contribution in [0.1, 0.15) is 21.6 Å². The van der Waals surface area contributed by atoms with Gasteiger partial charge in [0.05, 0.1) is 21.9 Å². The van der Waals surface area contributed by atoms with Gasteiger partial charge in [-0.2, -0.15) is 0 Å². The summed E-state index contributed by atoms with van der Waals surface area (Å²) in [6.45, 7) is 3.60. The van der Waals surface area contributed by atoms with Gasteiger partial charge in [-0.3, -0.25) is 14.9 Å². The number of hydrogen-bond acceptors (Lipinski definition) is 6. The Morgan fingerprint density at radius 1 is 0.944 bits per heavy atom. The normalized spacial score (nSPS) is 10.9. The Labute approximate surface area is 209 Å². The van der Waals surface area contributed by atoms with Gasteiger partial charge in [0, 0.05) is 42.9 Å². The van der Waals surface area contributed by atoms with Crippen molar-refractivity contribution in [3.8, 4) is 22.6 Å². The molecule has 0 saturated carbocycles. The van der Waals surface area contributed by atoms with Gasteiger partial charge in [-0.15, -0.1) is 0 Å². The second-order valence-corrected chi connectivity index (χ2v) is 8.51. The minimum Gasteiger partial charge on any atom is -0.351 e. The number of aromatic nitrogens is 2. The van der Waals surface area contributed by atoms with Crippen LogP contribution in [0.4, 0.5) is 5.69 Å². The summed E-state index contributed by atoms with van der Waals surface area (Å²) in [4.78, 5) is 35.7. The van der Waals surface area contributed by atoms with E-state index in [1.165, 1.54) is 17.7 Å². The van der Waals surface area contributed by atoms with E-state index in [9.17, 15) is 14.9 Å². The Kier molecular flexibility index (Phi) is 7.77. The number of likely N-dealkylation sites (N-methyl/N-ethyl adjacent to an activating group) is 1. The van der Waals surface area contributed by atoms with Crippen molar-refractivity contribution in [2.75, 3.05) is 20.1 Å². The summed E-state index contributed by atoms with van der Waals surface area (Å²) in [7, 11) is 2.00. The molecular weight excluding hydrogens is 454 g/mol. The van der Waals surface area contributed by atoms with E-state index in [1.807, 2.05) is 55.6 Å². The van der Waals surface area contributed by atoms with E-state index in [1.54, 1.807) is 19.1 Å². The predicted molar refractivity (Wildman–Crippen MR) is 139 cm³/mol. The van der Waals surface area contributed by atoms with E-state index < -0.39 is 4.92 Å². The van der Waals surface area contributed by atoms with Gasteiger partial charge in [0.15, 0.2) is 5.82 Å². The molecule has 8 nitrogen and oxygen atoms in total. The van der Waals surface area contributed by atoms with E-state index in [2.05, 4.69) is 32.3 Å². The second kappa shape index (κ2) is 11.3. The molecule has 0 fully saturated rings. The number of rotatable bonds is 9. The number of amides is 1. The molecule has 0 radical (unpaired) electrons. The van der Waals surface area contributed by atoms with E-state index >= 15 is 0 Å². The van der Waals surface area contributed by atoms with Crippen molar-refractivity contribution in [3.63, 3.8) is 0 Å². The molecule has 1 amide bonds. The molecular formula is C28H27N5O3. The number of nitrogens with zero attached hydrogens (tertiary/aromatic N) is 4. The number of non-ortho nitro benzene ring substituents is 1. The van der Waals surface area contributed by atoms with E-state index in [0.717, 1.165) is 12.1 Å². The molecule has 0 atom stereocenters. The number of carbonyl (C=O) groups is 1. The van der Waals surface area contributed by atoms with E-state index in [0.29, 0.717) is 41.4 Å². The zero-order chi connectivity index (χ0) is 25.5. The lowest BCUT2D eigenvalue weighted by Crippen LogP contribution is -2.33. The van der Waals surface area contributed by atoms with Crippen molar-refractivity contribution in [1.29, 1.82) is 0 Å². The second-order valence-electron chi connectivity index (χ2n) is 8.51. The van der Waals surface area contributed by atoms with Crippen LogP contribution in [0.25, 0.3) is 22.6 Å². The van der Waals surface area contributed by atoms with Crippen LogP contribution in [-0.4, -0.2) is 45.8 Å². The van der Waals surface area contributed by atoms with Gasteiger partial charge >= 0.3 is 0 Å². The molecule has 0 bridgehead atoms. The Morgan fingerprint density at radius 3 is 2.31 bits per heavy atom. The molecule has 1 heterocycles. The highest BCUT2D eigenvalue weighted by Crippen LogP contribution is 2.29. The molecule has 1 N–H and O–H groups in total. The van der Waals surface area contributed by atoms with E-state index in [-0.39, 0.29) is 11.6 Å². The molecule has 8 heteroatoms. The van der Waals surface area contributed by atoms with Crippen LogP contribution < -0.4 is 5.32 Å². The van der Waals surface area contributed by atoms with Crippen molar-refractivity contribution in [2.24, 2.45) is 0 Å². The maximum atomic E-state index is 13.3. The molecule has 0 aliphatic carbocycles. The number of aryl methyl sites for hydroxylation is 1. The van der Waals surface area contributed by atoms with Crippen LogP contribution in [0.5, 0.6) is 0 Å². The van der Waals surface area contributed by atoms with Crippen LogP contribution in [-0.2, 0) is 6.54 Å². The summed E-state index contributed by atoms with van der Waals surface area (Å²) in [5, 5.41) is 14.4. The molecule has 0 saturated heterocycles. The number of hydrogen-bond donors (Lipinski definition) is 1. The van der Waals surface area contributed by atoms with Crippen molar-refractivity contribution in [2.45, 2.75) is 13.5 Å². The smallest absolute Gasteiger partial charge is 0.270 e. The summed E-state index contributed by atoms with van der Waals surface area (Å²) in [5.41, 5.74) is 3.57. The SMILES string of the molecule is Cc1nc(-c2ccccc2)nc(-c2cccc([N+](=O)[O-])c2)c1C(=O)NCCN(C)Cc1ccccc1. The minimum atomic E-state index is -0.460. The maximum Gasteiger partial charge on any atom is 0.270 e. The summed E-state index contributed by atoms with van der Waals surface area (Å²) in [6.07, 6.45) is 0. The first-order valence-electron chi connectivity index (χ1n) is 11.6. The summed E-state index contributed by atoms with van der Waals surface area (Å²) < 4.78 is 0. The molecule has 0 spiro atoms. The Hall–Kier alpha value is -4.43. The zero-order valence-corrected chi connectivity index (χ0v) is 20.2. The van der Waals surface area contributed by atoms with Crippen molar-refractivity contribution < 1.29 is 9.72 Å². The van der Waals surface area contributed by atoms with Crippen LogP contribution in [0.3, 0.4) is 0 Å². The number of nitro groups is 1. The maximum absolute atomic E-state index is 13.3. The standard InChI is InChI=1S/C28H27N5O3/c1-20-25(28(34)29-16-17-32(2)19-21-10-5-3-6-11-21)26(23-14-9-15-24(18-23)33(35)36)31-27(30-20)22-12-7-4-8-13-22/h3-15,18H,16-17,19H2,1-2H3,(H,29,34). The molecule has 0 aliphatic rings. The van der Waals surface area contributed by atoms with Crippen molar-refractivity contribution >= 4 is 11.6 Å². The van der Waals surface area contributed by atoms with E-state index in [4.69, 9.17) is 0 Å². The topological polar surface area (TPSA) is 101 Å². The Balaban J connectivity index is 1.61. The minimum absolute atomic E-state index is 0.0704. The third-order valence-electron chi connectivity index (χ3n) is 5.75. The third kappa shape index (κ3) is 5.97. The summed E-state index contributed by atoms with van der Waals surface area (Å²) in [6, 6.07) is 25.7.